The molecule has 7 heteroatoms. The van der Waals surface area contributed by atoms with Crippen molar-refractivity contribution in [3.8, 4) is 5.75 Å². The first-order chi connectivity index (χ1) is 11.9. The van der Waals surface area contributed by atoms with Gasteiger partial charge in [0.2, 0.25) is 0 Å². The summed E-state index contributed by atoms with van der Waals surface area (Å²) in [6.07, 6.45) is -6.59. The average molecular weight is 367 g/mol. The van der Waals surface area contributed by atoms with Crippen molar-refractivity contribution in [2.45, 2.75) is 37.1 Å². The van der Waals surface area contributed by atoms with Gasteiger partial charge in [-0.05, 0) is 41.3 Å². The molecule has 1 fully saturated rings. The van der Waals surface area contributed by atoms with Crippen LogP contribution in [0.15, 0.2) is 42.5 Å². The maximum Gasteiger partial charge on any atom is 0.184 e. The Bertz CT molecular complexity index is 735. The number of benzene rings is 2. The molecule has 6 nitrogen and oxygen atoms in total. The fraction of sp³-hybridized carbons (Fsp3) is 0.333. The highest BCUT2D eigenvalue weighted by Gasteiger charge is 2.43. The number of rotatable bonds is 3. The SMILES string of the molecule is Oc1ccc(Cc2cc([C@@H]3O[C@H](O)[C@@H](O)[C@H](O)[C@H]3O)ccc2Cl)cc1. The summed E-state index contributed by atoms with van der Waals surface area (Å²) in [5.74, 6) is 0.170. The van der Waals surface area contributed by atoms with Crippen LogP contribution in [-0.2, 0) is 11.2 Å². The summed E-state index contributed by atoms with van der Waals surface area (Å²) in [4.78, 5) is 0. The molecule has 3 rings (SSSR count). The van der Waals surface area contributed by atoms with E-state index in [2.05, 4.69) is 0 Å². The zero-order chi connectivity index (χ0) is 18.1. The molecule has 0 aromatic heterocycles. The second-order valence-corrected chi connectivity index (χ2v) is 6.52. The maximum atomic E-state index is 10.2. The molecule has 5 atom stereocenters. The summed E-state index contributed by atoms with van der Waals surface area (Å²) in [5, 5.41) is 49.1. The van der Waals surface area contributed by atoms with E-state index in [1.165, 1.54) is 0 Å². The molecule has 0 aliphatic carbocycles. The van der Waals surface area contributed by atoms with Crippen LogP contribution < -0.4 is 0 Å². The molecule has 5 N–H and O–H groups in total. The Labute approximate surface area is 149 Å². The van der Waals surface area contributed by atoms with Crippen LogP contribution >= 0.6 is 11.6 Å². The van der Waals surface area contributed by atoms with Gasteiger partial charge in [-0.15, -0.1) is 0 Å². The number of phenolic OH excluding ortho intramolecular Hbond substituents is 1. The maximum absolute atomic E-state index is 10.2. The fourth-order valence-corrected chi connectivity index (χ4v) is 3.06. The van der Waals surface area contributed by atoms with Gasteiger partial charge in [0.15, 0.2) is 6.29 Å². The standard InChI is InChI=1S/C18H19ClO6/c19-13-6-3-10(17-15(22)14(21)16(23)18(24)25-17)8-11(13)7-9-1-4-12(20)5-2-9/h1-6,8,14-18,20-24H,7H2/t14-,15-,16+,17+,18+/m1/s1. The van der Waals surface area contributed by atoms with Crippen LogP contribution in [0.25, 0.3) is 0 Å². The lowest BCUT2D eigenvalue weighted by molar-refractivity contribution is -0.284. The van der Waals surface area contributed by atoms with Gasteiger partial charge in [0.25, 0.3) is 0 Å². The summed E-state index contributed by atoms with van der Waals surface area (Å²) < 4.78 is 5.25. The molecule has 2 aromatic rings. The Morgan fingerprint density at radius 1 is 0.880 bits per heavy atom. The monoisotopic (exact) mass is 366 g/mol. The molecule has 2 aromatic carbocycles. The molecule has 0 radical (unpaired) electrons. The molecule has 0 unspecified atom stereocenters. The van der Waals surface area contributed by atoms with E-state index in [1.54, 1.807) is 42.5 Å². The van der Waals surface area contributed by atoms with Crippen molar-refractivity contribution in [1.82, 2.24) is 0 Å². The van der Waals surface area contributed by atoms with Crippen LogP contribution in [0.2, 0.25) is 5.02 Å². The Morgan fingerprint density at radius 2 is 1.56 bits per heavy atom. The largest absolute Gasteiger partial charge is 0.508 e. The van der Waals surface area contributed by atoms with Gasteiger partial charge in [0, 0.05) is 5.02 Å². The van der Waals surface area contributed by atoms with Crippen LogP contribution in [0.1, 0.15) is 22.8 Å². The van der Waals surface area contributed by atoms with E-state index in [0.717, 1.165) is 11.1 Å². The summed E-state index contributed by atoms with van der Waals surface area (Å²) in [7, 11) is 0. The predicted molar refractivity (Wildman–Crippen MR) is 90.2 cm³/mol. The van der Waals surface area contributed by atoms with Crippen LogP contribution in [0, 0.1) is 0 Å². The van der Waals surface area contributed by atoms with Gasteiger partial charge in [0.05, 0.1) is 0 Å². The van der Waals surface area contributed by atoms with Crippen molar-refractivity contribution < 1.29 is 30.3 Å². The quantitative estimate of drug-likeness (QED) is 0.556. The van der Waals surface area contributed by atoms with E-state index in [0.29, 0.717) is 17.0 Å². The Kier molecular flexibility index (Phi) is 5.29. The lowest BCUT2D eigenvalue weighted by atomic mass is 9.92. The molecule has 134 valence electrons. The number of ether oxygens (including phenoxy) is 1. The fourth-order valence-electron chi connectivity index (χ4n) is 2.88. The molecule has 1 saturated heterocycles. The van der Waals surface area contributed by atoms with Crippen molar-refractivity contribution in [1.29, 1.82) is 0 Å². The van der Waals surface area contributed by atoms with Crippen LogP contribution in [-0.4, -0.2) is 50.1 Å². The topological polar surface area (TPSA) is 110 Å². The summed E-state index contributed by atoms with van der Waals surface area (Å²) in [6.45, 7) is 0. The second kappa shape index (κ2) is 7.29. The van der Waals surface area contributed by atoms with Crippen LogP contribution in [0.3, 0.4) is 0 Å². The van der Waals surface area contributed by atoms with Crippen molar-refractivity contribution in [3.05, 3.63) is 64.2 Å². The molecule has 1 aliphatic rings. The molecule has 1 heterocycles. The molecule has 25 heavy (non-hydrogen) atoms. The normalized spacial score (nSPS) is 29.6. The summed E-state index contributed by atoms with van der Waals surface area (Å²) in [5.41, 5.74) is 2.21. The van der Waals surface area contributed by atoms with E-state index >= 15 is 0 Å². The molecule has 1 aliphatic heterocycles. The minimum atomic E-state index is -1.60. The number of aromatic hydroxyl groups is 1. The van der Waals surface area contributed by atoms with E-state index in [9.17, 15) is 25.5 Å². The van der Waals surface area contributed by atoms with E-state index in [4.69, 9.17) is 16.3 Å². The average Bonchev–Trinajstić information content (AvgIpc) is 2.60. The van der Waals surface area contributed by atoms with Gasteiger partial charge in [-0.25, -0.2) is 0 Å². The summed E-state index contributed by atoms with van der Waals surface area (Å²) in [6, 6.07) is 11.7. The number of aliphatic hydroxyl groups excluding tert-OH is 4. The molecule has 0 amide bonds. The van der Waals surface area contributed by atoms with Gasteiger partial charge < -0.3 is 30.3 Å². The lowest BCUT2D eigenvalue weighted by Gasteiger charge is -2.38. The Morgan fingerprint density at radius 3 is 2.24 bits per heavy atom. The Balaban J connectivity index is 1.87. The second-order valence-electron chi connectivity index (χ2n) is 6.11. The van der Waals surface area contributed by atoms with Crippen LogP contribution in [0.4, 0.5) is 0 Å². The van der Waals surface area contributed by atoms with Crippen molar-refractivity contribution in [2.24, 2.45) is 0 Å². The van der Waals surface area contributed by atoms with Crippen molar-refractivity contribution in [2.75, 3.05) is 0 Å². The molecular formula is C18H19ClO6. The molecule has 0 saturated carbocycles. The van der Waals surface area contributed by atoms with Crippen LogP contribution in [0.5, 0.6) is 5.75 Å². The highest BCUT2D eigenvalue weighted by Crippen LogP contribution is 2.33. The van der Waals surface area contributed by atoms with Crippen molar-refractivity contribution in [3.63, 3.8) is 0 Å². The minimum Gasteiger partial charge on any atom is -0.508 e. The molecule has 0 spiro atoms. The number of hydrogen-bond acceptors (Lipinski definition) is 6. The lowest BCUT2D eigenvalue weighted by Crippen LogP contribution is -2.54. The van der Waals surface area contributed by atoms with Crippen molar-refractivity contribution >= 4 is 11.6 Å². The zero-order valence-electron chi connectivity index (χ0n) is 13.2. The smallest absolute Gasteiger partial charge is 0.184 e. The number of hydrogen-bond donors (Lipinski definition) is 5. The highest BCUT2D eigenvalue weighted by atomic mass is 35.5. The third-order valence-corrected chi connectivity index (χ3v) is 4.69. The minimum absolute atomic E-state index is 0.170. The van der Waals surface area contributed by atoms with E-state index < -0.39 is 30.7 Å². The predicted octanol–water partition coefficient (Wildman–Crippen LogP) is 1.11. The van der Waals surface area contributed by atoms with E-state index in [1.807, 2.05) is 0 Å². The first kappa shape index (κ1) is 18.1. The van der Waals surface area contributed by atoms with Gasteiger partial charge in [-0.1, -0.05) is 35.9 Å². The zero-order valence-corrected chi connectivity index (χ0v) is 13.9. The third kappa shape index (κ3) is 3.79. The number of halogens is 1. The summed E-state index contributed by atoms with van der Waals surface area (Å²) >= 11 is 6.24. The van der Waals surface area contributed by atoms with E-state index in [-0.39, 0.29) is 5.75 Å². The number of phenols is 1. The third-order valence-electron chi connectivity index (χ3n) is 4.32. The Hall–Kier alpha value is -1.67. The highest BCUT2D eigenvalue weighted by molar-refractivity contribution is 6.31. The first-order valence-corrected chi connectivity index (χ1v) is 8.18. The molecular weight excluding hydrogens is 348 g/mol. The van der Waals surface area contributed by atoms with Gasteiger partial charge in [-0.2, -0.15) is 0 Å². The number of aliphatic hydroxyl groups is 4. The molecule has 0 bridgehead atoms. The van der Waals surface area contributed by atoms with Gasteiger partial charge in [0.1, 0.15) is 30.2 Å². The van der Waals surface area contributed by atoms with Gasteiger partial charge in [-0.3, -0.25) is 0 Å². The van der Waals surface area contributed by atoms with Gasteiger partial charge >= 0.3 is 0 Å². The first-order valence-electron chi connectivity index (χ1n) is 7.81.